The lowest BCUT2D eigenvalue weighted by Gasteiger charge is -2.24. The first-order valence-electron chi connectivity index (χ1n) is 10.3. The van der Waals surface area contributed by atoms with Crippen molar-refractivity contribution in [3.05, 3.63) is 76.6 Å². The van der Waals surface area contributed by atoms with Crippen molar-refractivity contribution >= 4 is 27.8 Å². The first-order valence-corrected chi connectivity index (χ1v) is 10.3. The smallest absolute Gasteiger partial charge is 0.274 e. The molecule has 1 amide bonds. The lowest BCUT2D eigenvalue weighted by atomic mass is 10.2. The summed E-state index contributed by atoms with van der Waals surface area (Å²) in [7, 11) is 0. The molecule has 0 saturated carbocycles. The number of fused-ring (bicyclic) bond motifs is 2. The zero-order chi connectivity index (χ0) is 21.2. The highest BCUT2D eigenvalue weighted by atomic mass is 16.5. The molecule has 156 valence electrons. The number of carbonyl (C=O) groups is 1. The number of H-pyrrole nitrogens is 1. The highest BCUT2D eigenvalue weighted by Crippen LogP contribution is 2.17. The molecule has 0 aliphatic carbocycles. The maximum atomic E-state index is 13.4. The summed E-state index contributed by atoms with van der Waals surface area (Å²) in [5.74, 6) is 0.147. The molecule has 4 aromatic rings. The van der Waals surface area contributed by atoms with E-state index in [-0.39, 0.29) is 29.8 Å². The number of amides is 1. The molecular weight excluding hydrogens is 394 g/mol. The summed E-state index contributed by atoms with van der Waals surface area (Å²) in [6.45, 7) is 1.23. The number of aromatic amines is 1. The molecule has 2 aromatic carbocycles. The molecule has 0 spiro atoms. The fourth-order valence-corrected chi connectivity index (χ4v) is 3.87. The van der Waals surface area contributed by atoms with Crippen molar-refractivity contribution in [1.29, 1.82) is 0 Å². The summed E-state index contributed by atoms with van der Waals surface area (Å²) in [5.41, 5.74) is 2.00. The van der Waals surface area contributed by atoms with Gasteiger partial charge in [0.05, 0.1) is 40.8 Å². The summed E-state index contributed by atoms with van der Waals surface area (Å²) >= 11 is 0. The lowest BCUT2D eigenvalue weighted by Crippen LogP contribution is -2.38. The Morgan fingerprint density at radius 3 is 2.65 bits per heavy atom. The van der Waals surface area contributed by atoms with E-state index < -0.39 is 0 Å². The van der Waals surface area contributed by atoms with Crippen molar-refractivity contribution in [2.24, 2.45) is 0 Å². The highest BCUT2D eigenvalue weighted by molar-refractivity contribution is 5.93. The third kappa shape index (κ3) is 4.02. The van der Waals surface area contributed by atoms with Crippen LogP contribution in [0, 0.1) is 0 Å². The Morgan fingerprint density at radius 1 is 1.06 bits per heavy atom. The number of rotatable bonds is 5. The van der Waals surface area contributed by atoms with Gasteiger partial charge in [-0.2, -0.15) is 0 Å². The van der Waals surface area contributed by atoms with Gasteiger partial charge in [0.25, 0.3) is 11.5 Å². The summed E-state index contributed by atoms with van der Waals surface area (Å²) in [6, 6.07) is 14.6. The summed E-state index contributed by atoms with van der Waals surface area (Å²) in [5, 5.41) is 0.517. The van der Waals surface area contributed by atoms with Crippen LogP contribution in [0.25, 0.3) is 21.9 Å². The second-order valence-electron chi connectivity index (χ2n) is 7.59. The fourth-order valence-electron chi connectivity index (χ4n) is 3.87. The molecule has 1 aliphatic rings. The number of nitrogens with one attached hydrogen (secondary N) is 1. The van der Waals surface area contributed by atoms with Gasteiger partial charge in [0.2, 0.25) is 0 Å². The third-order valence-corrected chi connectivity index (χ3v) is 5.41. The predicted molar refractivity (Wildman–Crippen MR) is 116 cm³/mol. The van der Waals surface area contributed by atoms with E-state index in [1.807, 2.05) is 30.3 Å². The SMILES string of the molecule is O=C(c1cnc2ccccc2n1)N(Cc1nc2ccccc2c(=O)[nH]1)CC1CCCO1. The van der Waals surface area contributed by atoms with Gasteiger partial charge >= 0.3 is 0 Å². The van der Waals surface area contributed by atoms with E-state index in [0.717, 1.165) is 18.4 Å². The number of nitrogens with zero attached hydrogens (tertiary/aromatic N) is 4. The molecule has 5 rings (SSSR count). The Hall–Kier alpha value is -3.65. The normalized spacial score (nSPS) is 16.1. The van der Waals surface area contributed by atoms with Crippen molar-refractivity contribution in [3.8, 4) is 0 Å². The number of aromatic nitrogens is 4. The average molecular weight is 415 g/mol. The van der Waals surface area contributed by atoms with Crippen molar-refractivity contribution < 1.29 is 9.53 Å². The fraction of sp³-hybridized carbons (Fsp3) is 0.261. The Balaban J connectivity index is 1.48. The van der Waals surface area contributed by atoms with Crippen LogP contribution in [0.3, 0.4) is 0 Å². The summed E-state index contributed by atoms with van der Waals surface area (Å²) in [6.07, 6.45) is 3.29. The first-order chi connectivity index (χ1) is 15.2. The third-order valence-electron chi connectivity index (χ3n) is 5.41. The van der Waals surface area contributed by atoms with Crippen LogP contribution in [-0.4, -0.2) is 50.0 Å². The van der Waals surface area contributed by atoms with Gasteiger partial charge in [-0.25, -0.2) is 9.97 Å². The lowest BCUT2D eigenvalue weighted by molar-refractivity contribution is 0.0497. The number of carbonyl (C=O) groups excluding carboxylic acids is 1. The molecule has 3 heterocycles. The second-order valence-corrected chi connectivity index (χ2v) is 7.59. The predicted octanol–water partition coefficient (Wildman–Crippen LogP) is 2.69. The van der Waals surface area contributed by atoms with Crippen LogP contribution in [0.5, 0.6) is 0 Å². The zero-order valence-electron chi connectivity index (χ0n) is 16.8. The molecule has 1 atom stereocenters. The van der Waals surface area contributed by atoms with Crippen LogP contribution in [0.4, 0.5) is 0 Å². The van der Waals surface area contributed by atoms with Gasteiger partial charge in [-0.15, -0.1) is 0 Å². The van der Waals surface area contributed by atoms with Crippen LogP contribution in [0.15, 0.2) is 59.5 Å². The number of hydrogen-bond acceptors (Lipinski definition) is 6. The monoisotopic (exact) mass is 415 g/mol. The molecule has 1 fully saturated rings. The van der Waals surface area contributed by atoms with E-state index in [1.54, 1.807) is 23.1 Å². The van der Waals surface area contributed by atoms with Crippen molar-refractivity contribution in [3.63, 3.8) is 0 Å². The van der Waals surface area contributed by atoms with E-state index in [1.165, 1.54) is 6.20 Å². The van der Waals surface area contributed by atoms with E-state index in [0.29, 0.717) is 35.4 Å². The van der Waals surface area contributed by atoms with E-state index in [4.69, 9.17) is 4.74 Å². The quantitative estimate of drug-likeness (QED) is 0.538. The van der Waals surface area contributed by atoms with Gasteiger partial charge in [0, 0.05) is 13.2 Å². The second kappa shape index (κ2) is 8.23. The van der Waals surface area contributed by atoms with Gasteiger partial charge in [-0.3, -0.25) is 14.6 Å². The Bertz CT molecular complexity index is 1310. The molecule has 8 nitrogen and oxygen atoms in total. The van der Waals surface area contributed by atoms with Gasteiger partial charge in [0.1, 0.15) is 11.5 Å². The van der Waals surface area contributed by atoms with Gasteiger partial charge in [-0.05, 0) is 37.1 Å². The minimum Gasteiger partial charge on any atom is -0.376 e. The molecule has 0 radical (unpaired) electrons. The standard InChI is InChI=1S/C23H21N5O3/c29-22-16-7-1-2-8-17(16)26-21(27-22)14-28(13-15-6-5-11-31-15)23(30)20-12-24-18-9-3-4-10-19(18)25-20/h1-4,7-10,12,15H,5-6,11,13-14H2,(H,26,27,29). The van der Waals surface area contributed by atoms with Crippen LogP contribution in [-0.2, 0) is 11.3 Å². The number of para-hydroxylation sites is 3. The maximum Gasteiger partial charge on any atom is 0.274 e. The molecule has 1 saturated heterocycles. The maximum absolute atomic E-state index is 13.4. The number of ether oxygens (including phenoxy) is 1. The molecular formula is C23H21N5O3. The number of hydrogen-bond donors (Lipinski definition) is 1. The van der Waals surface area contributed by atoms with Crippen molar-refractivity contribution in [2.45, 2.75) is 25.5 Å². The molecule has 1 aliphatic heterocycles. The van der Waals surface area contributed by atoms with Crippen LogP contribution < -0.4 is 5.56 Å². The highest BCUT2D eigenvalue weighted by Gasteiger charge is 2.25. The summed E-state index contributed by atoms with van der Waals surface area (Å²) in [4.78, 5) is 43.7. The topological polar surface area (TPSA) is 101 Å². The minimum atomic E-state index is -0.274. The minimum absolute atomic E-state index is 0.0513. The molecule has 2 aromatic heterocycles. The van der Waals surface area contributed by atoms with Crippen LogP contribution >= 0.6 is 0 Å². The molecule has 31 heavy (non-hydrogen) atoms. The largest absolute Gasteiger partial charge is 0.376 e. The molecule has 8 heteroatoms. The molecule has 1 N–H and O–H groups in total. The van der Waals surface area contributed by atoms with Gasteiger partial charge in [0.15, 0.2) is 0 Å². The molecule has 0 bridgehead atoms. The Kier molecular flexibility index (Phi) is 5.13. The zero-order valence-corrected chi connectivity index (χ0v) is 16.8. The average Bonchev–Trinajstić information content (AvgIpc) is 3.31. The Morgan fingerprint density at radius 2 is 1.84 bits per heavy atom. The molecule has 1 unspecified atom stereocenters. The van der Waals surface area contributed by atoms with Gasteiger partial charge < -0.3 is 14.6 Å². The van der Waals surface area contributed by atoms with Crippen LogP contribution in [0.1, 0.15) is 29.2 Å². The van der Waals surface area contributed by atoms with E-state index >= 15 is 0 Å². The van der Waals surface area contributed by atoms with Gasteiger partial charge in [-0.1, -0.05) is 24.3 Å². The van der Waals surface area contributed by atoms with E-state index in [2.05, 4.69) is 19.9 Å². The van der Waals surface area contributed by atoms with Crippen molar-refractivity contribution in [1.82, 2.24) is 24.8 Å². The number of benzene rings is 2. The van der Waals surface area contributed by atoms with Crippen LogP contribution in [0.2, 0.25) is 0 Å². The van der Waals surface area contributed by atoms with Crippen molar-refractivity contribution in [2.75, 3.05) is 13.2 Å². The van der Waals surface area contributed by atoms with E-state index in [9.17, 15) is 9.59 Å². The Labute approximate surface area is 177 Å². The summed E-state index contributed by atoms with van der Waals surface area (Å²) < 4.78 is 5.75. The first kappa shape index (κ1) is 19.3.